The normalized spacial score (nSPS) is 9.88. The van der Waals surface area contributed by atoms with Crippen LogP contribution in [-0.2, 0) is 27.2 Å². The number of hydrogen-bond donors (Lipinski definition) is 1. The summed E-state index contributed by atoms with van der Waals surface area (Å²) in [6, 6.07) is 0. The molecule has 0 aromatic rings. The second-order valence-electron chi connectivity index (χ2n) is 0.803. The number of alkyl halides is 3. The zero-order chi connectivity index (χ0) is 6.08. The van der Waals surface area contributed by atoms with E-state index in [4.69, 9.17) is 5.11 Å². The number of aliphatic carboxylic acids is 1. The Labute approximate surface area is 70.5 Å². The summed E-state index contributed by atoms with van der Waals surface area (Å²) in [4.78, 5) is 9.38. The van der Waals surface area contributed by atoms with Crippen LogP contribution in [0.1, 0.15) is 0 Å². The summed E-state index contributed by atoms with van der Waals surface area (Å²) in [7, 11) is 0. The van der Waals surface area contributed by atoms with Gasteiger partial charge in [-0.15, -0.1) is 0 Å². The van der Waals surface area contributed by atoms with Crippen molar-refractivity contribution in [2.24, 2.45) is 0 Å². The smallest absolute Gasteiger partial charge is 0.373 e. The van der Waals surface area contributed by atoms with Crippen LogP contribution in [0.4, 0.5) is 4.39 Å². The molecular weight excluding hydrogens is 254 g/mol. The predicted molar refractivity (Wildman–Crippen MR) is 23.2 cm³/mol. The first-order valence-corrected chi connectivity index (χ1v) is 2.00. The molecule has 0 bridgehead atoms. The monoisotopic (exact) mass is 253 g/mol. The fraction of sp³-hybridized carbons (Fsp3) is 0.500. The average molecular weight is 255 g/mol. The predicted octanol–water partition coefficient (Wildman–Crippen LogP) is 1.17. The van der Waals surface area contributed by atoms with E-state index in [-0.39, 0.29) is 22.4 Å². The largest absolute Gasteiger partial charge is 0.477 e. The van der Waals surface area contributed by atoms with Crippen LogP contribution < -0.4 is 0 Å². The third-order valence-electron chi connectivity index (χ3n) is 0.243. The Hall–Kier alpha value is 0.720. The van der Waals surface area contributed by atoms with Crippen molar-refractivity contribution in [1.82, 2.24) is 0 Å². The molecule has 0 saturated heterocycles. The van der Waals surface area contributed by atoms with E-state index in [1.54, 1.807) is 0 Å². The van der Waals surface area contributed by atoms with Crippen molar-refractivity contribution in [2.45, 2.75) is 4.59 Å². The van der Waals surface area contributed by atoms with Crippen LogP contribution in [0.15, 0.2) is 0 Å². The van der Waals surface area contributed by atoms with E-state index in [1.165, 1.54) is 0 Å². The standard InChI is InChI=1S/C2HCl2FO2.Ag/c3-2(4,5)1(6)7;/h(H,6,7);. The first-order valence-electron chi connectivity index (χ1n) is 1.24. The van der Waals surface area contributed by atoms with Gasteiger partial charge in [0.1, 0.15) is 0 Å². The number of hydrogen-bond acceptors (Lipinski definition) is 1. The summed E-state index contributed by atoms with van der Waals surface area (Å²) in [5.41, 5.74) is 0. The van der Waals surface area contributed by atoms with Crippen LogP contribution in [0, 0.1) is 0 Å². The minimum absolute atomic E-state index is 0. The van der Waals surface area contributed by atoms with Crippen LogP contribution in [0.3, 0.4) is 0 Å². The Morgan fingerprint density at radius 1 is 1.62 bits per heavy atom. The minimum Gasteiger partial charge on any atom is -0.477 e. The minimum atomic E-state index is -3.14. The van der Waals surface area contributed by atoms with Gasteiger partial charge in [-0.1, -0.05) is 23.2 Å². The Morgan fingerprint density at radius 2 is 1.75 bits per heavy atom. The molecule has 53 valence electrons. The topological polar surface area (TPSA) is 37.3 Å². The number of carbonyl (C=O) groups is 1. The van der Waals surface area contributed by atoms with E-state index in [0.29, 0.717) is 0 Å². The first-order chi connectivity index (χ1) is 2.94. The van der Waals surface area contributed by atoms with Gasteiger partial charge < -0.3 is 5.11 Å². The van der Waals surface area contributed by atoms with Gasteiger partial charge in [-0.25, -0.2) is 4.79 Å². The van der Waals surface area contributed by atoms with Crippen molar-refractivity contribution in [3.8, 4) is 0 Å². The second kappa shape index (κ2) is 3.69. The molecule has 0 atom stereocenters. The van der Waals surface area contributed by atoms with Crippen LogP contribution in [0.2, 0.25) is 0 Å². The zero-order valence-electron chi connectivity index (χ0n) is 3.29. The maximum absolute atomic E-state index is 11.4. The SMILES string of the molecule is O=C(O)C(F)(Cl)Cl.[Ag]. The third kappa shape index (κ3) is 4.87. The van der Waals surface area contributed by atoms with Gasteiger partial charge in [0.15, 0.2) is 0 Å². The first kappa shape index (κ1) is 11.5. The molecule has 0 aliphatic heterocycles. The van der Waals surface area contributed by atoms with Gasteiger partial charge in [-0.2, -0.15) is 4.39 Å². The van der Waals surface area contributed by atoms with E-state index >= 15 is 0 Å². The van der Waals surface area contributed by atoms with Gasteiger partial charge in [0.2, 0.25) is 0 Å². The zero-order valence-corrected chi connectivity index (χ0v) is 6.28. The molecule has 8 heavy (non-hydrogen) atoms. The summed E-state index contributed by atoms with van der Waals surface area (Å²) < 4.78 is 8.30. The van der Waals surface area contributed by atoms with Crippen molar-refractivity contribution < 1.29 is 36.7 Å². The van der Waals surface area contributed by atoms with Crippen molar-refractivity contribution in [3.05, 3.63) is 0 Å². The average Bonchev–Trinajstić information content (AvgIpc) is 1.31. The van der Waals surface area contributed by atoms with E-state index in [1.807, 2.05) is 0 Å². The summed E-state index contributed by atoms with van der Waals surface area (Å²) in [5.74, 6) is -1.89. The molecule has 0 amide bonds. The quantitative estimate of drug-likeness (QED) is 0.564. The molecule has 0 heterocycles. The molecule has 0 rings (SSSR count). The maximum Gasteiger partial charge on any atom is 0.373 e. The third-order valence-corrected chi connectivity index (χ3v) is 0.566. The Bertz CT molecular complexity index is 90.5. The number of halogens is 3. The van der Waals surface area contributed by atoms with E-state index in [9.17, 15) is 9.18 Å². The van der Waals surface area contributed by atoms with Crippen LogP contribution >= 0.6 is 23.2 Å². The van der Waals surface area contributed by atoms with Crippen LogP contribution in [-0.4, -0.2) is 15.7 Å². The molecule has 0 aliphatic rings. The molecule has 1 radical (unpaired) electrons. The number of carboxylic acids is 1. The van der Waals surface area contributed by atoms with E-state index in [0.717, 1.165) is 0 Å². The molecule has 0 fully saturated rings. The molecular formula is C2HAgCl2FO2. The number of carboxylic acid groups (broad SMARTS) is 1. The molecule has 0 aliphatic carbocycles. The van der Waals surface area contributed by atoms with Gasteiger partial charge in [-0.05, 0) is 0 Å². The molecule has 0 spiro atoms. The summed E-state index contributed by atoms with van der Waals surface area (Å²) in [6.45, 7) is 0. The summed E-state index contributed by atoms with van der Waals surface area (Å²) >= 11 is 8.73. The van der Waals surface area contributed by atoms with Gasteiger partial charge in [0.25, 0.3) is 0 Å². The van der Waals surface area contributed by atoms with E-state index in [2.05, 4.69) is 23.2 Å². The molecule has 1 N–H and O–H groups in total. The van der Waals surface area contributed by atoms with Gasteiger partial charge >= 0.3 is 10.6 Å². The molecule has 0 aromatic carbocycles. The van der Waals surface area contributed by atoms with Crippen LogP contribution in [0.5, 0.6) is 0 Å². The maximum atomic E-state index is 11.4. The molecule has 6 heteroatoms. The van der Waals surface area contributed by atoms with Crippen molar-refractivity contribution >= 4 is 29.2 Å². The summed E-state index contributed by atoms with van der Waals surface area (Å²) in [5, 5.41) is 7.61. The Morgan fingerprint density at radius 3 is 1.75 bits per heavy atom. The van der Waals surface area contributed by atoms with Crippen molar-refractivity contribution in [2.75, 3.05) is 0 Å². The Balaban J connectivity index is 0. The molecule has 0 saturated carbocycles. The van der Waals surface area contributed by atoms with E-state index < -0.39 is 10.6 Å². The van der Waals surface area contributed by atoms with Crippen molar-refractivity contribution in [3.63, 3.8) is 0 Å². The fourth-order valence-corrected chi connectivity index (χ4v) is 0. The number of rotatable bonds is 1. The fourth-order valence-electron chi connectivity index (χ4n) is 0. The van der Waals surface area contributed by atoms with Crippen molar-refractivity contribution in [1.29, 1.82) is 0 Å². The molecule has 2 nitrogen and oxygen atoms in total. The molecule has 0 unspecified atom stereocenters. The molecule has 0 aromatic heterocycles. The van der Waals surface area contributed by atoms with Crippen LogP contribution in [0.25, 0.3) is 0 Å². The Kier molecular flexibility index (Phi) is 5.31. The summed E-state index contributed by atoms with van der Waals surface area (Å²) in [6.07, 6.45) is 0. The van der Waals surface area contributed by atoms with Gasteiger partial charge in [0.05, 0.1) is 0 Å². The second-order valence-corrected chi connectivity index (χ2v) is 2.04. The van der Waals surface area contributed by atoms with Gasteiger partial charge in [-0.3, -0.25) is 0 Å². The van der Waals surface area contributed by atoms with Gasteiger partial charge in [0, 0.05) is 22.4 Å².